The molecule has 4 nitrogen and oxygen atoms in total. The highest BCUT2D eigenvalue weighted by molar-refractivity contribution is 5.28. The topological polar surface area (TPSA) is 47.3 Å². The third kappa shape index (κ3) is 3.83. The number of ether oxygens (including phenoxy) is 1. The molecule has 0 bridgehead atoms. The lowest BCUT2D eigenvalue weighted by Crippen LogP contribution is -2.30. The molecule has 2 rings (SSSR count). The molecule has 0 saturated carbocycles. The normalized spacial score (nSPS) is 14.1. The predicted octanol–water partition coefficient (Wildman–Crippen LogP) is 1.96. The van der Waals surface area contributed by atoms with Crippen LogP contribution in [0.3, 0.4) is 0 Å². The van der Waals surface area contributed by atoms with Gasteiger partial charge in [-0.05, 0) is 30.7 Å². The Bertz CT molecular complexity index is 529. The van der Waals surface area contributed by atoms with Crippen molar-refractivity contribution in [1.29, 1.82) is 0 Å². The molecule has 102 valence electrons. The number of hydrogen-bond acceptors (Lipinski definition) is 3. The standard InChI is InChI=1S/C15H20N2O2/c1-15(18,11-13-8-9-17(2)16-13)10-12-4-6-14(19-3)7-5-12/h4-9,18H,10-11H2,1-3H3. The van der Waals surface area contributed by atoms with Gasteiger partial charge in [-0.25, -0.2) is 0 Å². The molecular formula is C15H20N2O2. The zero-order valence-corrected chi connectivity index (χ0v) is 11.6. The van der Waals surface area contributed by atoms with E-state index in [1.807, 2.05) is 50.5 Å². The molecular weight excluding hydrogens is 240 g/mol. The summed E-state index contributed by atoms with van der Waals surface area (Å²) in [5.74, 6) is 0.827. The fourth-order valence-electron chi connectivity index (χ4n) is 2.19. The molecule has 0 amide bonds. The van der Waals surface area contributed by atoms with Gasteiger partial charge in [-0.3, -0.25) is 4.68 Å². The second kappa shape index (κ2) is 5.45. The number of aryl methyl sites for hydroxylation is 1. The van der Waals surface area contributed by atoms with Crippen molar-refractivity contribution in [3.63, 3.8) is 0 Å². The second-order valence-corrected chi connectivity index (χ2v) is 5.18. The lowest BCUT2D eigenvalue weighted by molar-refractivity contribution is 0.0597. The molecule has 1 atom stereocenters. The Kier molecular flexibility index (Phi) is 3.90. The Labute approximate surface area is 113 Å². The van der Waals surface area contributed by atoms with Gasteiger partial charge in [0.2, 0.25) is 0 Å². The van der Waals surface area contributed by atoms with Crippen LogP contribution in [0.4, 0.5) is 0 Å². The summed E-state index contributed by atoms with van der Waals surface area (Å²) in [5.41, 5.74) is 1.19. The zero-order valence-electron chi connectivity index (χ0n) is 11.6. The number of aliphatic hydroxyl groups is 1. The Morgan fingerprint density at radius 3 is 2.42 bits per heavy atom. The fourth-order valence-corrected chi connectivity index (χ4v) is 2.19. The average Bonchev–Trinajstić information content (AvgIpc) is 2.74. The number of rotatable bonds is 5. The van der Waals surface area contributed by atoms with Crippen LogP contribution in [0, 0.1) is 0 Å². The summed E-state index contributed by atoms with van der Waals surface area (Å²) in [6, 6.07) is 9.71. The van der Waals surface area contributed by atoms with E-state index < -0.39 is 5.60 Å². The van der Waals surface area contributed by atoms with Crippen molar-refractivity contribution in [3.05, 3.63) is 47.8 Å². The fraction of sp³-hybridized carbons (Fsp3) is 0.400. The minimum absolute atomic E-state index is 0.542. The van der Waals surface area contributed by atoms with E-state index >= 15 is 0 Å². The first kappa shape index (κ1) is 13.6. The number of nitrogens with zero attached hydrogens (tertiary/aromatic N) is 2. The van der Waals surface area contributed by atoms with Gasteiger partial charge in [-0.1, -0.05) is 12.1 Å². The summed E-state index contributed by atoms with van der Waals surface area (Å²) in [5, 5.41) is 14.8. The summed E-state index contributed by atoms with van der Waals surface area (Å²) in [6.45, 7) is 1.84. The van der Waals surface area contributed by atoms with Crippen molar-refractivity contribution >= 4 is 0 Å². The lowest BCUT2D eigenvalue weighted by Gasteiger charge is -2.22. The number of benzene rings is 1. The molecule has 0 fully saturated rings. The molecule has 0 aliphatic heterocycles. The third-order valence-corrected chi connectivity index (χ3v) is 3.07. The van der Waals surface area contributed by atoms with Crippen LogP contribution in [-0.2, 0) is 19.9 Å². The van der Waals surface area contributed by atoms with Crippen LogP contribution in [0.1, 0.15) is 18.2 Å². The molecule has 0 aliphatic rings. The van der Waals surface area contributed by atoms with Crippen LogP contribution >= 0.6 is 0 Å². The van der Waals surface area contributed by atoms with Gasteiger partial charge < -0.3 is 9.84 Å². The van der Waals surface area contributed by atoms with Crippen LogP contribution in [0.15, 0.2) is 36.5 Å². The summed E-state index contributed by atoms with van der Waals surface area (Å²) in [4.78, 5) is 0. The van der Waals surface area contributed by atoms with Crippen molar-refractivity contribution < 1.29 is 9.84 Å². The van der Waals surface area contributed by atoms with Gasteiger partial charge in [0.25, 0.3) is 0 Å². The highest BCUT2D eigenvalue weighted by atomic mass is 16.5. The maximum Gasteiger partial charge on any atom is 0.118 e. The molecule has 2 aromatic rings. The highest BCUT2D eigenvalue weighted by Crippen LogP contribution is 2.20. The van der Waals surface area contributed by atoms with Gasteiger partial charge in [-0.15, -0.1) is 0 Å². The van der Waals surface area contributed by atoms with Crippen molar-refractivity contribution in [3.8, 4) is 5.75 Å². The summed E-state index contributed by atoms with van der Waals surface area (Å²) in [7, 11) is 3.52. The first-order valence-corrected chi connectivity index (χ1v) is 6.32. The Hall–Kier alpha value is -1.81. The number of hydrogen-bond donors (Lipinski definition) is 1. The van der Waals surface area contributed by atoms with E-state index in [4.69, 9.17) is 4.74 Å². The second-order valence-electron chi connectivity index (χ2n) is 5.18. The highest BCUT2D eigenvalue weighted by Gasteiger charge is 2.22. The van der Waals surface area contributed by atoms with Gasteiger partial charge in [0.15, 0.2) is 0 Å². The van der Waals surface area contributed by atoms with E-state index in [1.165, 1.54) is 0 Å². The van der Waals surface area contributed by atoms with Gasteiger partial charge in [0.05, 0.1) is 18.4 Å². The molecule has 1 N–H and O–H groups in total. The van der Waals surface area contributed by atoms with E-state index in [2.05, 4.69) is 5.10 Å². The molecule has 0 radical (unpaired) electrons. The molecule has 1 unspecified atom stereocenters. The first-order chi connectivity index (χ1) is 8.98. The SMILES string of the molecule is COc1ccc(CC(C)(O)Cc2ccn(C)n2)cc1. The molecule has 0 aliphatic carbocycles. The third-order valence-electron chi connectivity index (χ3n) is 3.07. The Morgan fingerprint density at radius 1 is 1.21 bits per heavy atom. The number of aromatic nitrogens is 2. The molecule has 19 heavy (non-hydrogen) atoms. The largest absolute Gasteiger partial charge is 0.497 e. The molecule has 1 aromatic heterocycles. The number of methoxy groups -OCH3 is 1. The van der Waals surface area contributed by atoms with Crippen LogP contribution in [0.25, 0.3) is 0 Å². The lowest BCUT2D eigenvalue weighted by atomic mass is 9.92. The van der Waals surface area contributed by atoms with E-state index in [-0.39, 0.29) is 0 Å². The van der Waals surface area contributed by atoms with Crippen LogP contribution in [0.2, 0.25) is 0 Å². The smallest absolute Gasteiger partial charge is 0.118 e. The van der Waals surface area contributed by atoms with E-state index in [0.29, 0.717) is 12.8 Å². The van der Waals surface area contributed by atoms with Gasteiger partial charge >= 0.3 is 0 Å². The maximum absolute atomic E-state index is 10.5. The molecule has 1 heterocycles. The summed E-state index contributed by atoms with van der Waals surface area (Å²) in [6.07, 6.45) is 3.02. The maximum atomic E-state index is 10.5. The predicted molar refractivity (Wildman–Crippen MR) is 74.2 cm³/mol. The molecule has 0 spiro atoms. The van der Waals surface area contributed by atoms with Crippen molar-refractivity contribution in [2.45, 2.75) is 25.4 Å². The van der Waals surface area contributed by atoms with Crippen molar-refractivity contribution in [2.75, 3.05) is 7.11 Å². The summed E-state index contributed by atoms with van der Waals surface area (Å²) >= 11 is 0. The average molecular weight is 260 g/mol. The molecule has 4 heteroatoms. The minimum atomic E-state index is -0.803. The van der Waals surface area contributed by atoms with E-state index in [0.717, 1.165) is 17.0 Å². The molecule has 0 saturated heterocycles. The Balaban J connectivity index is 2.03. The van der Waals surface area contributed by atoms with Crippen LogP contribution < -0.4 is 4.74 Å². The quantitative estimate of drug-likeness (QED) is 0.894. The van der Waals surface area contributed by atoms with E-state index in [9.17, 15) is 5.11 Å². The van der Waals surface area contributed by atoms with Crippen LogP contribution in [-0.4, -0.2) is 27.6 Å². The molecule has 1 aromatic carbocycles. The minimum Gasteiger partial charge on any atom is -0.497 e. The monoisotopic (exact) mass is 260 g/mol. The van der Waals surface area contributed by atoms with Crippen molar-refractivity contribution in [1.82, 2.24) is 9.78 Å². The van der Waals surface area contributed by atoms with Gasteiger partial charge in [-0.2, -0.15) is 5.10 Å². The van der Waals surface area contributed by atoms with Crippen molar-refractivity contribution in [2.24, 2.45) is 7.05 Å². The summed E-state index contributed by atoms with van der Waals surface area (Å²) < 4.78 is 6.87. The zero-order chi connectivity index (χ0) is 13.9. The Morgan fingerprint density at radius 2 is 1.89 bits per heavy atom. The van der Waals surface area contributed by atoms with Crippen LogP contribution in [0.5, 0.6) is 5.75 Å². The van der Waals surface area contributed by atoms with Gasteiger partial charge in [0.1, 0.15) is 5.75 Å². The van der Waals surface area contributed by atoms with Gasteiger partial charge in [0, 0.05) is 26.1 Å². The first-order valence-electron chi connectivity index (χ1n) is 6.32. The van der Waals surface area contributed by atoms with E-state index in [1.54, 1.807) is 11.8 Å².